The molecule has 3 heteroatoms. The first-order valence-corrected chi connectivity index (χ1v) is 9.90. The van der Waals surface area contributed by atoms with Gasteiger partial charge in [-0.2, -0.15) is 0 Å². The quantitative estimate of drug-likeness (QED) is 0.774. The van der Waals surface area contributed by atoms with Crippen molar-refractivity contribution in [1.29, 1.82) is 0 Å². The highest BCUT2D eigenvalue weighted by molar-refractivity contribution is 5.78. The zero-order valence-electron chi connectivity index (χ0n) is 14.2. The van der Waals surface area contributed by atoms with E-state index >= 15 is 0 Å². The summed E-state index contributed by atoms with van der Waals surface area (Å²) in [6, 6.07) is 10.00. The Hall–Kier alpha value is -1.51. The lowest BCUT2D eigenvalue weighted by atomic mass is 9.54. The van der Waals surface area contributed by atoms with Crippen LogP contribution in [0.4, 0.5) is 4.79 Å². The number of benzene rings is 1. The maximum absolute atomic E-state index is 13.2. The van der Waals surface area contributed by atoms with E-state index in [1.807, 2.05) is 0 Å². The van der Waals surface area contributed by atoms with E-state index < -0.39 is 0 Å². The van der Waals surface area contributed by atoms with Gasteiger partial charge < -0.3 is 9.80 Å². The number of hydrogen-bond donors (Lipinski definition) is 0. The Balaban J connectivity index is 1.29. The van der Waals surface area contributed by atoms with Gasteiger partial charge in [-0.25, -0.2) is 4.79 Å². The Morgan fingerprint density at radius 2 is 1.50 bits per heavy atom. The van der Waals surface area contributed by atoms with Crippen LogP contribution >= 0.6 is 0 Å². The van der Waals surface area contributed by atoms with Crippen molar-refractivity contribution in [3.63, 3.8) is 0 Å². The van der Waals surface area contributed by atoms with Crippen molar-refractivity contribution >= 4 is 6.03 Å². The van der Waals surface area contributed by atoms with Crippen LogP contribution < -0.4 is 0 Å². The fourth-order valence-corrected chi connectivity index (χ4v) is 7.10. The van der Waals surface area contributed by atoms with Crippen LogP contribution in [0.15, 0.2) is 24.3 Å². The topological polar surface area (TPSA) is 23.6 Å². The Labute approximate surface area is 144 Å². The molecule has 7 rings (SSSR count). The summed E-state index contributed by atoms with van der Waals surface area (Å²) in [6.07, 6.45) is 8.11. The molecule has 1 atom stereocenters. The fourth-order valence-electron chi connectivity index (χ4n) is 7.10. The minimum absolute atomic E-state index is 0.340. The number of amides is 2. The number of nitrogens with zero attached hydrogens (tertiary/aromatic N) is 2. The molecule has 1 aromatic rings. The maximum atomic E-state index is 13.2. The lowest BCUT2D eigenvalue weighted by molar-refractivity contribution is -0.0474. The molecule has 126 valence electrons. The highest BCUT2D eigenvalue weighted by Crippen LogP contribution is 2.55. The van der Waals surface area contributed by atoms with Crippen molar-refractivity contribution in [2.75, 3.05) is 6.54 Å². The van der Waals surface area contributed by atoms with E-state index in [0.29, 0.717) is 18.1 Å². The highest BCUT2D eigenvalue weighted by atomic mass is 16.2. The van der Waals surface area contributed by atoms with Crippen molar-refractivity contribution in [2.45, 2.75) is 57.2 Å². The van der Waals surface area contributed by atoms with E-state index in [-0.39, 0.29) is 0 Å². The van der Waals surface area contributed by atoms with Crippen molar-refractivity contribution < 1.29 is 4.79 Å². The van der Waals surface area contributed by atoms with Crippen LogP contribution in [-0.2, 0) is 13.0 Å². The van der Waals surface area contributed by atoms with Gasteiger partial charge in [0.15, 0.2) is 0 Å². The predicted octanol–water partition coefficient (Wildman–Crippen LogP) is 3.67. The van der Waals surface area contributed by atoms with Gasteiger partial charge in [0.1, 0.15) is 0 Å². The average molecular weight is 322 g/mol. The molecule has 0 aromatic heterocycles. The van der Waals surface area contributed by atoms with Crippen molar-refractivity contribution in [3.05, 3.63) is 35.4 Å². The molecule has 2 aliphatic heterocycles. The van der Waals surface area contributed by atoms with Gasteiger partial charge in [-0.05, 0) is 73.3 Å². The largest absolute Gasteiger partial charge is 0.320 e. The molecule has 4 bridgehead atoms. The molecular weight excluding hydrogens is 296 g/mol. The van der Waals surface area contributed by atoms with Gasteiger partial charge in [0.05, 0.1) is 6.04 Å². The Bertz CT molecular complexity index is 671. The van der Waals surface area contributed by atoms with Crippen LogP contribution in [0.2, 0.25) is 0 Å². The van der Waals surface area contributed by atoms with Crippen LogP contribution in [0.1, 0.15) is 43.2 Å². The minimum Gasteiger partial charge on any atom is -0.319 e. The van der Waals surface area contributed by atoms with Gasteiger partial charge in [-0.1, -0.05) is 24.3 Å². The maximum Gasteiger partial charge on any atom is 0.320 e. The second-order valence-electron chi connectivity index (χ2n) is 9.11. The molecule has 5 fully saturated rings. The number of hydrogen-bond acceptors (Lipinski definition) is 1. The monoisotopic (exact) mass is 322 g/mol. The molecule has 6 aliphatic rings. The van der Waals surface area contributed by atoms with Gasteiger partial charge in [0, 0.05) is 19.1 Å². The van der Waals surface area contributed by atoms with Gasteiger partial charge in [0.2, 0.25) is 0 Å². The van der Waals surface area contributed by atoms with E-state index in [4.69, 9.17) is 0 Å². The Morgan fingerprint density at radius 3 is 2.21 bits per heavy atom. The number of fused-ring (bicyclic) bond motifs is 2. The van der Waals surface area contributed by atoms with Gasteiger partial charge in [-0.15, -0.1) is 0 Å². The Kier molecular flexibility index (Phi) is 2.73. The minimum atomic E-state index is 0.340. The van der Waals surface area contributed by atoms with Crippen LogP contribution in [0.5, 0.6) is 0 Å². The van der Waals surface area contributed by atoms with Crippen molar-refractivity contribution in [2.24, 2.45) is 23.7 Å². The third-order valence-corrected chi connectivity index (χ3v) is 7.79. The first kappa shape index (κ1) is 13.7. The molecule has 24 heavy (non-hydrogen) atoms. The van der Waals surface area contributed by atoms with Crippen molar-refractivity contribution in [3.8, 4) is 0 Å². The van der Waals surface area contributed by atoms with Gasteiger partial charge >= 0.3 is 6.03 Å². The average Bonchev–Trinajstić information content (AvgIpc) is 2.88. The fraction of sp³-hybridized carbons (Fsp3) is 0.667. The first-order chi connectivity index (χ1) is 11.8. The van der Waals surface area contributed by atoms with E-state index in [9.17, 15) is 4.79 Å². The zero-order valence-corrected chi connectivity index (χ0v) is 14.2. The van der Waals surface area contributed by atoms with Crippen LogP contribution in [0.3, 0.4) is 0 Å². The molecule has 1 aromatic carbocycles. The summed E-state index contributed by atoms with van der Waals surface area (Å²) in [5.74, 6) is 3.56. The Morgan fingerprint density at radius 1 is 0.833 bits per heavy atom. The molecule has 1 unspecified atom stereocenters. The molecule has 4 saturated carbocycles. The van der Waals surface area contributed by atoms with Gasteiger partial charge in [-0.3, -0.25) is 0 Å². The normalized spacial score (nSPS) is 42.4. The molecule has 2 amide bonds. The SMILES string of the molecule is O=C1N2Cc3ccccc3CC2CN1C1C2CC3CC(C2)CC1C3. The first-order valence-electron chi connectivity index (χ1n) is 9.90. The summed E-state index contributed by atoms with van der Waals surface area (Å²) in [5, 5.41) is 0. The lowest BCUT2D eigenvalue weighted by Crippen LogP contribution is -2.56. The smallest absolute Gasteiger partial charge is 0.319 e. The van der Waals surface area contributed by atoms with Crippen molar-refractivity contribution in [1.82, 2.24) is 9.80 Å². The third kappa shape index (κ3) is 1.81. The molecule has 1 saturated heterocycles. The summed E-state index contributed by atoms with van der Waals surface area (Å²) in [5.41, 5.74) is 2.81. The number of rotatable bonds is 1. The molecule has 3 nitrogen and oxygen atoms in total. The standard InChI is InChI=1S/C21H26N2O/c24-21-22-11-16-4-2-1-3-15(16)10-19(22)12-23(21)20-17-6-13-5-14(8-17)9-18(20)7-13/h1-4,13-14,17-20H,5-12H2. The summed E-state index contributed by atoms with van der Waals surface area (Å²) in [7, 11) is 0. The zero-order chi connectivity index (χ0) is 15.8. The van der Waals surface area contributed by atoms with E-state index in [0.717, 1.165) is 43.2 Å². The lowest BCUT2D eigenvalue weighted by Gasteiger charge is -2.56. The molecular formula is C21H26N2O. The number of carbonyl (C=O) groups excluding carboxylic acids is 1. The summed E-state index contributed by atoms with van der Waals surface area (Å²) < 4.78 is 0. The van der Waals surface area contributed by atoms with Crippen LogP contribution in [-0.4, -0.2) is 34.5 Å². The number of carbonyl (C=O) groups is 1. The second-order valence-corrected chi connectivity index (χ2v) is 9.11. The molecule has 0 N–H and O–H groups in total. The van der Waals surface area contributed by atoms with E-state index in [2.05, 4.69) is 34.1 Å². The van der Waals surface area contributed by atoms with E-state index in [1.54, 1.807) is 0 Å². The van der Waals surface area contributed by atoms with Crippen LogP contribution in [0, 0.1) is 23.7 Å². The van der Waals surface area contributed by atoms with E-state index in [1.165, 1.54) is 43.2 Å². The number of urea groups is 1. The molecule has 2 heterocycles. The summed E-state index contributed by atoms with van der Waals surface area (Å²) in [6.45, 7) is 1.80. The summed E-state index contributed by atoms with van der Waals surface area (Å²) >= 11 is 0. The summed E-state index contributed by atoms with van der Waals surface area (Å²) in [4.78, 5) is 17.7. The van der Waals surface area contributed by atoms with Crippen LogP contribution in [0.25, 0.3) is 0 Å². The molecule has 4 aliphatic carbocycles. The highest BCUT2D eigenvalue weighted by Gasteiger charge is 2.54. The molecule has 0 radical (unpaired) electrons. The molecule has 0 spiro atoms. The van der Waals surface area contributed by atoms with Gasteiger partial charge in [0.25, 0.3) is 0 Å². The third-order valence-electron chi connectivity index (χ3n) is 7.79. The second kappa shape index (κ2) is 4.77. The predicted molar refractivity (Wildman–Crippen MR) is 92.4 cm³/mol.